The maximum atomic E-state index is 12.2. The number of rotatable bonds is 5. The number of urea groups is 1. The van der Waals surface area contributed by atoms with Crippen molar-refractivity contribution in [2.45, 2.75) is 26.4 Å². The molecule has 1 atom stereocenters. The molecule has 2 aromatic heterocycles. The summed E-state index contributed by atoms with van der Waals surface area (Å²) in [5.41, 5.74) is 0.497. The normalized spacial score (nSPS) is 17.2. The Morgan fingerprint density at radius 1 is 1.48 bits per heavy atom. The molecule has 0 aliphatic carbocycles. The standard InChI is InChI=1S/C15H16N4O5S/c1-3-23-13(20)11-8(2)16-14(21)17-9(11)7-19-15(22)24-12(18-19)10-5-4-6-25-10/h4-6,8H,3,7H2,1-2H3,(H2,16,17,21). The van der Waals surface area contributed by atoms with Gasteiger partial charge in [0, 0.05) is 0 Å². The maximum absolute atomic E-state index is 12.2. The average molecular weight is 364 g/mol. The first-order valence-electron chi connectivity index (χ1n) is 7.59. The minimum Gasteiger partial charge on any atom is -0.463 e. The Kier molecular flexibility index (Phi) is 4.70. The molecule has 9 nitrogen and oxygen atoms in total. The zero-order valence-corrected chi connectivity index (χ0v) is 14.4. The predicted molar refractivity (Wildman–Crippen MR) is 88.9 cm³/mol. The molecule has 25 heavy (non-hydrogen) atoms. The molecule has 2 amide bonds. The summed E-state index contributed by atoms with van der Waals surface area (Å²) >= 11 is 1.38. The van der Waals surface area contributed by atoms with Gasteiger partial charge >= 0.3 is 17.8 Å². The summed E-state index contributed by atoms with van der Waals surface area (Å²) in [7, 11) is 0. The SMILES string of the molecule is CCOC(=O)C1=C(Cn2nc(-c3cccs3)oc2=O)NC(=O)NC1C. The van der Waals surface area contributed by atoms with Crippen LogP contribution in [0.15, 0.2) is 38.0 Å². The van der Waals surface area contributed by atoms with E-state index in [4.69, 9.17) is 9.15 Å². The van der Waals surface area contributed by atoms with Crippen LogP contribution in [0.3, 0.4) is 0 Å². The second-order valence-electron chi connectivity index (χ2n) is 5.24. The first kappa shape index (κ1) is 17.0. The molecule has 2 aromatic rings. The van der Waals surface area contributed by atoms with Crippen LogP contribution in [0.5, 0.6) is 0 Å². The lowest BCUT2D eigenvalue weighted by atomic mass is 10.0. The molecule has 1 aliphatic heterocycles. The molecule has 0 spiro atoms. The van der Waals surface area contributed by atoms with Crippen LogP contribution >= 0.6 is 11.3 Å². The Labute approximate surface area is 146 Å². The molecule has 0 radical (unpaired) electrons. The van der Waals surface area contributed by atoms with Crippen LogP contribution in [-0.4, -0.2) is 34.4 Å². The van der Waals surface area contributed by atoms with Crippen LogP contribution in [0.1, 0.15) is 13.8 Å². The van der Waals surface area contributed by atoms with Crippen molar-refractivity contribution in [1.82, 2.24) is 20.4 Å². The van der Waals surface area contributed by atoms with Gasteiger partial charge in [-0.15, -0.1) is 16.4 Å². The fourth-order valence-corrected chi connectivity index (χ4v) is 3.10. The largest absolute Gasteiger partial charge is 0.463 e. The number of ether oxygens (including phenoxy) is 1. The Bertz CT molecular complexity index is 880. The number of carbonyl (C=O) groups is 2. The fraction of sp³-hybridized carbons (Fsp3) is 0.333. The molecular weight excluding hydrogens is 348 g/mol. The van der Waals surface area contributed by atoms with Crippen LogP contribution in [0, 0.1) is 0 Å². The van der Waals surface area contributed by atoms with E-state index in [0.717, 1.165) is 4.68 Å². The number of esters is 1. The van der Waals surface area contributed by atoms with Gasteiger partial charge in [0.05, 0.1) is 35.3 Å². The Morgan fingerprint density at radius 2 is 2.28 bits per heavy atom. The van der Waals surface area contributed by atoms with Crippen LogP contribution in [0.4, 0.5) is 4.79 Å². The third-order valence-corrected chi connectivity index (χ3v) is 4.37. The number of carbonyl (C=O) groups excluding carboxylic acids is 2. The van der Waals surface area contributed by atoms with Crippen molar-refractivity contribution in [3.8, 4) is 10.8 Å². The molecule has 10 heteroatoms. The highest BCUT2D eigenvalue weighted by molar-refractivity contribution is 7.13. The number of thiophene rings is 1. The van der Waals surface area contributed by atoms with Crippen molar-refractivity contribution in [3.63, 3.8) is 0 Å². The van der Waals surface area contributed by atoms with E-state index in [0.29, 0.717) is 4.88 Å². The summed E-state index contributed by atoms with van der Waals surface area (Å²) in [6, 6.07) is 2.57. The lowest BCUT2D eigenvalue weighted by Crippen LogP contribution is -2.50. The molecule has 0 fully saturated rings. The molecule has 0 aromatic carbocycles. The third kappa shape index (κ3) is 3.48. The predicted octanol–water partition coefficient (Wildman–Crippen LogP) is 1.08. The van der Waals surface area contributed by atoms with Crippen LogP contribution < -0.4 is 16.4 Å². The van der Waals surface area contributed by atoms with E-state index in [9.17, 15) is 14.4 Å². The lowest BCUT2D eigenvalue weighted by molar-refractivity contribution is -0.139. The number of hydrogen-bond acceptors (Lipinski definition) is 7. The van der Waals surface area contributed by atoms with Gasteiger partial charge in [0.15, 0.2) is 0 Å². The number of aromatic nitrogens is 2. The topological polar surface area (TPSA) is 115 Å². The van der Waals surface area contributed by atoms with Gasteiger partial charge in [-0.2, -0.15) is 4.68 Å². The summed E-state index contributed by atoms with van der Waals surface area (Å²) in [5, 5.41) is 11.1. The minimum absolute atomic E-state index is 0.111. The van der Waals surface area contributed by atoms with E-state index in [1.165, 1.54) is 11.3 Å². The van der Waals surface area contributed by atoms with Gasteiger partial charge in [0.2, 0.25) is 0 Å². The maximum Gasteiger partial charge on any atom is 0.437 e. The van der Waals surface area contributed by atoms with Crippen LogP contribution in [0.25, 0.3) is 10.8 Å². The van der Waals surface area contributed by atoms with Crippen molar-refractivity contribution in [1.29, 1.82) is 0 Å². The number of hydrogen-bond donors (Lipinski definition) is 2. The molecule has 2 N–H and O–H groups in total. The Balaban J connectivity index is 1.96. The minimum atomic E-state index is -0.681. The van der Waals surface area contributed by atoms with Gasteiger partial charge in [0.1, 0.15) is 0 Å². The second kappa shape index (κ2) is 6.93. The first-order chi connectivity index (χ1) is 12.0. The van der Waals surface area contributed by atoms with Gasteiger partial charge < -0.3 is 19.8 Å². The second-order valence-corrected chi connectivity index (χ2v) is 6.19. The Morgan fingerprint density at radius 3 is 2.96 bits per heavy atom. The smallest absolute Gasteiger partial charge is 0.437 e. The zero-order valence-electron chi connectivity index (χ0n) is 13.6. The molecule has 3 rings (SSSR count). The molecule has 1 aliphatic rings. The quantitative estimate of drug-likeness (QED) is 0.767. The van der Waals surface area contributed by atoms with E-state index in [1.807, 2.05) is 11.4 Å². The zero-order chi connectivity index (χ0) is 18.0. The van der Waals surface area contributed by atoms with E-state index >= 15 is 0 Å². The van der Waals surface area contributed by atoms with Crippen molar-refractivity contribution < 1.29 is 18.7 Å². The van der Waals surface area contributed by atoms with Crippen molar-refractivity contribution in [3.05, 3.63) is 39.3 Å². The van der Waals surface area contributed by atoms with E-state index in [-0.39, 0.29) is 30.3 Å². The summed E-state index contributed by atoms with van der Waals surface area (Å²) < 4.78 is 11.2. The van der Waals surface area contributed by atoms with Gasteiger partial charge in [-0.3, -0.25) is 0 Å². The van der Waals surface area contributed by atoms with Gasteiger partial charge in [-0.1, -0.05) is 6.07 Å². The highest BCUT2D eigenvalue weighted by Gasteiger charge is 2.30. The molecule has 0 saturated heterocycles. The molecule has 1 unspecified atom stereocenters. The number of nitrogens with zero attached hydrogens (tertiary/aromatic N) is 2. The summed E-state index contributed by atoms with van der Waals surface area (Å²) in [6.07, 6.45) is 0. The summed E-state index contributed by atoms with van der Waals surface area (Å²) in [6.45, 7) is 3.43. The highest BCUT2D eigenvalue weighted by atomic mass is 32.1. The van der Waals surface area contributed by atoms with Crippen LogP contribution in [0.2, 0.25) is 0 Å². The molecular formula is C15H16N4O5S. The van der Waals surface area contributed by atoms with Crippen molar-refractivity contribution >= 4 is 23.3 Å². The molecule has 132 valence electrons. The first-order valence-corrected chi connectivity index (χ1v) is 8.47. The third-order valence-electron chi connectivity index (χ3n) is 3.51. The number of allylic oxidation sites excluding steroid dienone is 1. The summed E-state index contributed by atoms with van der Waals surface area (Å²) in [5.74, 6) is -1.06. The molecule has 0 bridgehead atoms. The Hall–Kier alpha value is -2.88. The monoisotopic (exact) mass is 364 g/mol. The van der Waals surface area contributed by atoms with Crippen molar-refractivity contribution in [2.75, 3.05) is 6.61 Å². The van der Waals surface area contributed by atoms with Gasteiger partial charge in [0.25, 0.3) is 5.89 Å². The summed E-state index contributed by atoms with van der Waals surface area (Å²) in [4.78, 5) is 36.7. The highest BCUT2D eigenvalue weighted by Crippen LogP contribution is 2.21. The van der Waals surface area contributed by atoms with E-state index < -0.39 is 23.8 Å². The fourth-order valence-electron chi connectivity index (χ4n) is 2.46. The van der Waals surface area contributed by atoms with E-state index in [1.54, 1.807) is 19.9 Å². The number of nitrogens with one attached hydrogen (secondary N) is 2. The van der Waals surface area contributed by atoms with Gasteiger partial charge in [-0.25, -0.2) is 14.4 Å². The van der Waals surface area contributed by atoms with Crippen molar-refractivity contribution in [2.24, 2.45) is 0 Å². The lowest BCUT2D eigenvalue weighted by Gasteiger charge is -2.26. The molecule has 0 saturated carbocycles. The van der Waals surface area contributed by atoms with Gasteiger partial charge in [-0.05, 0) is 25.3 Å². The van der Waals surface area contributed by atoms with Crippen LogP contribution in [-0.2, 0) is 16.1 Å². The average Bonchev–Trinajstić information content (AvgIpc) is 3.17. The number of amides is 2. The van der Waals surface area contributed by atoms with E-state index in [2.05, 4.69) is 15.7 Å². The molecule has 3 heterocycles.